The summed E-state index contributed by atoms with van der Waals surface area (Å²) < 4.78 is 4.64. The van der Waals surface area contributed by atoms with Gasteiger partial charge >= 0.3 is 5.97 Å². The predicted molar refractivity (Wildman–Crippen MR) is 73.3 cm³/mol. The van der Waals surface area contributed by atoms with Crippen molar-refractivity contribution >= 4 is 11.9 Å². The van der Waals surface area contributed by atoms with Gasteiger partial charge < -0.3 is 15.8 Å². The molecule has 0 saturated heterocycles. The Morgan fingerprint density at radius 2 is 1.89 bits per heavy atom. The lowest BCUT2D eigenvalue weighted by Crippen LogP contribution is -2.52. The molecular formula is C14H24N2O3. The minimum atomic E-state index is -0.813. The fourth-order valence-electron chi connectivity index (χ4n) is 2.45. The molecule has 0 aliphatic heterocycles. The van der Waals surface area contributed by atoms with E-state index in [2.05, 4.69) is 16.6 Å². The zero-order valence-electron chi connectivity index (χ0n) is 11.8. The van der Waals surface area contributed by atoms with E-state index < -0.39 is 18.1 Å². The largest absolute Gasteiger partial charge is 0.467 e. The number of esters is 1. The van der Waals surface area contributed by atoms with Gasteiger partial charge in [0.25, 0.3) is 0 Å². The van der Waals surface area contributed by atoms with Gasteiger partial charge in [-0.15, -0.1) is 0 Å². The summed E-state index contributed by atoms with van der Waals surface area (Å²) in [5, 5.41) is 2.63. The summed E-state index contributed by atoms with van der Waals surface area (Å²) >= 11 is 0. The smallest absolute Gasteiger partial charge is 0.332 e. The number of hydrogen-bond acceptors (Lipinski definition) is 4. The Labute approximate surface area is 114 Å². The van der Waals surface area contributed by atoms with E-state index >= 15 is 0 Å². The quantitative estimate of drug-likeness (QED) is 0.578. The third-order valence-corrected chi connectivity index (χ3v) is 3.68. The first kappa shape index (κ1) is 15.7. The van der Waals surface area contributed by atoms with Crippen LogP contribution in [0.4, 0.5) is 0 Å². The summed E-state index contributed by atoms with van der Waals surface area (Å²) in [4.78, 5) is 23.6. The molecule has 5 heteroatoms. The van der Waals surface area contributed by atoms with Crippen molar-refractivity contribution in [2.24, 2.45) is 11.7 Å². The monoisotopic (exact) mass is 268 g/mol. The Balaban J connectivity index is 2.60. The Hall–Kier alpha value is -1.36. The number of hydrogen-bond donors (Lipinski definition) is 2. The molecule has 0 aromatic heterocycles. The molecule has 1 saturated carbocycles. The highest BCUT2D eigenvalue weighted by atomic mass is 16.5. The Kier molecular flexibility index (Phi) is 6.02. The van der Waals surface area contributed by atoms with Gasteiger partial charge in [-0.25, -0.2) is 4.79 Å². The van der Waals surface area contributed by atoms with Crippen LogP contribution in [0.2, 0.25) is 0 Å². The Morgan fingerprint density at radius 3 is 2.37 bits per heavy atom. The standard InChI is InChI=1S/C14H24N2O3/c1-9(2)12(14(18)19-3)16-13(17)11(15)10-7-5-4-6-8-10/h10-12H,1,4-8,15H2,2-3H3,(H,16,17)/t11-,12-/m0/s1. The van der Waals surface area contributed by atoms with Crippen LogP contribution in [0.3, 0.4) is 0 Å². The molecule has 3 N–H and O–H groups in total. The maximum Gasteiger partial charge on any atom is 0.332 e. The summed E-state index contributed by atoms with van der Waals surface area (Å²) in [6.07, 6.45) is 5.40. The van der Waals surface area contributed by atoms with Crippen LogP contribution in [0.5, 0.6) is 0 Å². The molecule has 0 aromatic carbocycles. The van der Waals surface area contributed by atoms with Crippen LogP contribution in [0.1, 0.15) is 39.0 Å². The van der Waals surface area contributed by atoms with Crippen molar-refractivity contribution in [1.82, 2.24) is 5.32 Å². The van der Waals surface area contributed by atoms with Crippen molar-refractivity contribution < 1.29 is 14.3 Å². The van der Waals surface area contributed by atoms with E-state index in [9.17, 15) is 9.59 Å². The highest BCUT2D eigenvalue weighted by Gasteiger charge is 2.30. The molecule has 0 spiro atoms. The zero-order valence-corrected chi connectivity index (χ0v) is 11.8. The van der Waals surface area contributed by atoms with Crippen molar-refractivity contribution in [1.29, 1.82) is 0 Å². The lowest BCUT2D eigenvalue weighted by molar-refractivity contribution is -0.144. The molecule has 0 aromatic rings. The van der Waals surface area contributed by atoms with Crippen molar-refractivity contribution in [2.75, 3.05) is 7.11 Å². The first-order chi connectivity index (χ1) is 8.97. The normalized spacial score (nSPS) is 19.3. The molecule has 1 amide bonds. The van der Waals surface area contributed by atoms with E-state index in [1.54, 1.807) is 6.92 Å². The number of ether oxygens (including phenoxy) is 1. The molecule has 108 valence electrons. The van der Waals surface area contributed by atoms with Gasteiger partial charge in [0.2, 0.25) is 5.91 Å². The second-order valence-corrected chi connectivity index (χ2v) is 5.23. The molecule has 0 heterocycles. The number of nitrogens with one attached hydrogen (secondary N) is 1. The second-order valence-electron chi connectivity index (χ2n) is 5.23. The van der Waals surface area contributed by atoms with Gasteiger partial charge in [0.1, 0.15) is 6.04 Å². The van der Waals surface area contributed by atoms with Gasteiger partial charge in [-0.1, -0.05) is 25.8 Å². The van der Waals surface area contributed by atoms with Crippen LogP contribution in [-0.4, -0.2) is 31.1 Å². The van der Waals surface area contributed by atoms with E-state index in [1.165, 1.54) is 13.5 Å². The summed E-state index contributed by atoms with van der Waals surface area (Å²) in [5.41, 5.74) is 6.53. The molecule has 5 nitrogen and oxygen atoms in total. The van der Waals surface area contributed by atoms with Gasteiger partial charge in [0.05, 0.1) is 13.2 Å². The minimum Gasteiger partial charge on any atom is -0.467 e. The van der Waals surface area contributed by atoms with Gasteiger partial charge in [-0.3, -0.25) is 4.79 Å². The molecule has 1 fully saturated rings. The van der Waals surface area contributed by atoms with E-state index in [-0.39, 0.29) is 11.8 Å². The maximum atomic E-state index is 12.1. The molecule has 1 rings (SSSR count). The molecule has 0 radical (unpaired) electrons. The van der Waals surface area contributed by atoms with E-state index in [4.69, 9.17) is 5.73 Å². The lowest BCUT2D eigenvalue weighted by atomic mass is 9.84. The van der Waals surface area contributed by atoms with E-state index in [0.29, 0.717) is 5.57 Å². The molecule has 19 heavy (non-hydrogen) atoms. The van der Waals surface area contributed by atoms with Crippen molar-refractivity contribution in [2.45, 2.75) is 51.1 Å². The maximum absolute atomic E-state index is 12.1. The molecular weight excluding hydrogens is 244 g/mol. The number of carbonyl (C=O) groups is 2. The van der Waals surface area contributed by atoms with Crippen LogP contribution in [0.15, 0.2) is 12.2 Å². The molecule has 1 aliphatic rings. The van der Waals surface area contributed by atoms with Gasteiger partial charge in [0.15, 0.2) is 0 Å². The first-order valence-corrected chi connectivity index (χ1v) is 6.76. The van der Waals surface area contributed by atoms with Gasteiger partial charge in [-0.05, 0) is 31.3 Å². The highest BCUT2D eigenvalue weighted by molar-refractivity contribution is 5.89. The average Bonchev–Trinajstić information content (AvgIpc) is 2.43. The SMILES string of the molecule is C=C(C)[C@H](NC(=O)[C@@H](N)C1CCCCC1)C(=O)OC. The summed E-state index contributed by atoms with van der Waals surface area (Å²) in [5.74, 6) is -0.612. The van der Waals surface area contributed by atoms with Crippen LogP contribution in [0, 0.1) is 5.92 Å². The zero-order chi connectivity index (χ0) is 14.4. The third kappa shape index (κ3) is 4.35. The Bertz CT molecular complexity index is 349. The minimum absolute atomic E-state index is 0.206. The summed E-state index contributed by atoms with van der Waals surface area (Å²) in [6, 6.07) is -1.38. The van der Waals surface area contributed by atoms with Crippen LogP contribution < -0.4 is 11.1 Å². The topological polar surface area (TPSA) is 81.4 Å². The number of carbonyl (C=O) groups excluding carboxylic acids is 2. The number of amides is 1. The summed E-state index contributed by atoms with van der Waals surface area (Å²) in [7, 11) is 1.28. The van der Waals surface area contributed by atoms with Crippen LogP contribution in [-0.2, 0) is 14.3 Å². The number of rotatable bonds is 5. The van der Waals surface area contributed by atoms with Crippen LogP contribution in [0.25, 0.3) is 0 Å². The third-order valence-electron chi connectivity index (χ3n) is 3.68. The summed E-state index contributed by atoms with van der Waals surface area (Å²) in [6.45, 7) is 5.37. The van der Waals surface area contributed by atoms with E-state index in [0.717, 1.165) is 25.7 Å². The second kappa shape index (κ2) is 7.28. The lowest BCUT2D eigenvalue weighted by Gasteiger charge is -2.28. The highest BCUT2D eigenvalue weighted by Crippen LogP contribution is 2.25. The van der Waals surface area contributed by atoms with Crippen molar-refractivity contribution in [3.05, 3.63) is 12.2 Å². The van der Waals surface area contributed by atoms with Gasteiger partial charge in [-0.2, -0.15) is 0 Å². The van der Waals surface area contributed by atoms with Crippen LogP contribution >= 0.6 is 0 Å². The average molecular weight is 268 g/mol. The number of methoxy groups -OCH3 is 1. The molecule has 0 unspecified atom stereocenters. The predicted octanol–water partition coefficient (Wildman–Crippen LogP) is 1.13. The van der Waals surface area contributed by atoms with E-state index in [1.807, 2.05) is 0 Å². The fraction of sp³-hybridized carbons (Fsp3) is 0.714. The van der Waals surface area contributed by atoms with Crippen molar-refractivity contribution in [3.63, 3.8) is 0 Å². The Morgan fingerprint density at radius 1 is 1.32 bits per heavy atom. The van der Waals surface area contributed by atoms with Gasteiger partial charge in [0, 0.05) is 0 Å². The molecule has 2 atom stereocenters. The fourth-order valence-corrected chi connectivity index (χ4v) is 2.45. The first-order valence-electron chi connectivity index (χ1n) is 6.76. The van der Waals surface area contributed by atoms with Crippen molar-refractivity contribution in [3.8, 4) is 0 Å². The molecule has 0 bridgehead atoms. The number of nitrogens with two attached hydrogens (primary N) is 1. The molecule has 1 aliphatic carbocycles.